The number of hydrogen-bond acceptors (Lipinski definition) is 4. The Morgan fingerprint density at radius 3 is 1.77 bits per heavy atom. The van der Waals surface area contributed by atoms with E-state index in [1.165, 1.54) is 59.9 Å². The molecule has 11 aromatic carbocycles. The highest BCUT2D eigenvalue weighted by Crippen LogP contribution is 2.44. The molecule has 0 saturated carbocycles. The van der Waals surface area contributed by atoms with E-state index in [1.54, 1.807) is 0 Å². The lowest BCUT2D eigenvalue weighted by Crippen LogP contribution is -2.55. The van der Waals surface area contributed by atoms with Crippen molar-refractivity contribution in [3.05, 3.63) is 307 Å². The monoisotopic (exact) mass is 1100 g/mol. The van der Waals surface area contributed by atoms with E-state index in [0.717, 1.165) is 79.4 Å². The van der Waals surface area contributed by atoms with Crippen molar-refractivity contribution < 1.29 is 0 Å². The molecule has 86 heavy (non-hydrogen) atoms. The van der Waals surface area contributed by atoms with Gasteiger partial charge in [-0.05, 0) is 144 Å². The van der Waals surface area contributed by atoms with Crippen LogP contribution < -0.4 is 20.4 Å². The van der Waals surface area contributed by atoms with Gasteiger partial charge in [0.05, 0.1) is 50.6 Å². The number of anilines is 4. The second kappa shape index (κ2) is 20.8. The molecule has 410 valence electrons. The minimum absolute atomic E-state index is 0.0204. The molecule has 0 fully saturated rings. The van der Waals surface area contributed by atoms with Crippen LogP contribution in [-0.4, -0.2) is 30.7 Å². The van der Waals surface area contributed by atoms with Crippen LogP contribution >= 0.6 is 0 Å². The second-order valence-electron chi connectivity index (χ2n) is 23.2. The molecule has 3 atom stereocenters. The first-order valence-electron chi connectivity index (χ1n) is 29.9. The number of allylic oxidation sites excluding steroid dienone is 2. The van der Waals surface area contributed by atoms with Gasteiger partial charge in [-0.15, -0.1) is 0 Å². The number of hydrogen-bond donors (Lipinski definition) is 0. The smallest absolute Gasteiger partial charge is 0.0973 e. The van der Waals surface area contributed by atoms with Gasteiger partial charge in [0.1, 0.15) is 0 Å². The molecule has 0 N–H and O–H groups in total. The standard InChI is InChI=1S/C80H60N6/c1-54-51-57(43-47-72(54)86(62-31-13-6-14-32-62)80(2)50-49-76-70(53-80)67-35-18-20-40-74(67)85(76)60-29-11-5-12-30-60)78-77(82-79-68(37-22-38-71(79)81-78)65-36-21-24-55-23-15-16-33-64(55)65)56-41-44-61(45-42-56)83(58-25-7-3-8-26-58)63-46-48-75-69(52-63)66-34-17-19-39-73(66)84(75)59-27-9-4-10-28-59/h3-49,51-54,72H,50H2,1-2H3. The molecule has 0 saturated heterocycles. The maximum Gasteiger partial charge on any atom is 0.0973 e. The van der Waals surface area contributed by atoms with Gasteiger partial charge in [-0.3, -0.25) is 0 Å². The van der Waals surface area contributed by atoms with Gasteiger partial charge in [-0.1, -0.05) is 207 Å². The molecule has 2 aliphatic carbocycles. The van der Waals surface area contributed by atoms with E-state index < -0.39 is 0 Å². The van der Waals surface area contributed by atoms with E-state index in [4.69, 9.17) is 9.97 Å². The molecule has 3 aromatic heterocycles. The summed E-state index contributed by atoms with van der Waals surface area (Å²) >= 11 is 0. The Hall–Kier alpha value is -10.8. The summed E-state index contributed by atoms with van der Waals surface area (Å²) in [5, 5.41) is 8.55. The van der Waals surface area contributed by atoms with Crippen molar-refractivity contribution >= 4 is 95.0 Å². The zero-order valence-corrected chi connectivity index (χ0v) is 47.9. The molecule has 16 rings (SSSR count). The van der Waals surface area contributed by atoms with E-state index in [0.29, 0.717) is 0 Å². The van der Waals surface area contributed by atoms with Crippen LogP contribution in [0.5, 0.6) is 0 Å². The Morgan fingerprint density at radius 1 is 0.465 bits per heavy atom. The molecule has 2 aliphatic rings. The molecule has 0 spiro atoms. The highest BCUT2D eigenvalue weighted by molar-refractivity contribution is 6.11. The zero-order valence-electron chi connectivity index (χ0n) is 47.9. The Bertz CT molecular complexity index is 5120. The third kappa shape index (κ3) is 8.55. The fourth-order valence-electron chi connectivity index (χ4n) is 13.9. The number of aromatic nitrogens is 4. The van der Waals surface area contributed by atoms with Crippen LogP contribution in [0.15, 0.2) is 291 Å². The molecular weight excluding hydrogens is 1040 g/mol. The summed E-state index contributed by atoms with van der Waals surface area (Å²) in [5.41, 5.74) is 17.5. The van der Waals surface area contributed by atoms with Crippen LogP contribution in [-0.2, 0) is 0 Å². The minimum atomic E-state index is -0.372. The fraction of sp³-hybridized carbons (Fsp3) is 0.0750. The van der Waals surface area contributed by atoms with Crippen LogP contribution in [0.2, 0.25) is 0 Å². The molecule has 0 aliphatic heterocycles. The molecule has 0 amide bonds. The molecule has 0 bridgehead atoms. The van der Waals surface area contributed by atoms with Gasteiger partial charge in [-0.2, -0.15) is 0 Å². The maximum absolute atomic E-state index is 5.79. The minimum Gasteiger partial charge on any atom is -0.355 e. The van der Waals surface area contributed by atoms with Crippen molar-refractivity contribution in [3.63, 3.8) is 0 Å². The quantitative estimate of drug-likeness (QED) is 0.129. The van der Waals surface area contributed by atoms with Gasteiger partial charge in [0.2, 0.25) is 0 Å². The third-order valence-corrected chi connectivity index (χ3v) is 17.9. The lowest BCUT2D eigenvalue weighted by molar-refractivity contribution is 0.460. The molecule has 0 radical (unpaired) electrons. The predicted octanol–water partition coefficient (Wildman–Crippen LogP) is 18.5. The number of benzene rings is 11. The average Bonchev–Trinajstić information content (AvgIpc) is 1.66. The number of fused-ring (bicyclic) bond motifs is 8. The van der Waals surface area contributed by atoms with Gasteiger partial charge in [0, 0.05) is 72.0 Å². The highest BCUT2D eigenvalue weighted by atomic mass is 15.2. The summed E-state index contributed by atoms with van der Waals surface area (Å²) in [6.07, 6.45) is 13.0. The Balaban J connectivity index is 0.825. The SMILES string of the molecule is CC1C=C(c2nc3cccc(-c4cccc5ccccc45)c3nc2-c2ccc(N(c3ccccc3)c3ccc4c(c3)c3ccccc3n4-c3ccccc3)cc2)C=CC1N(c1ccccc1)C1(C)C=c2c(n(-c3ccccc3)c3ccccc23)=CC1. The highest BCUT2D eigenvalue weighted by Gasteiger charge is 2.38. The Morgan fingerprint density at radius 2 is 1.03 bits per heavy atom. The maximum atomic E-state index is 5.79. The van der Waals surface area contributed by atoms with E-state index in [9.17, 15) is 0 Å². The van der Waals surface area contributed by atoms with Gasteiger partial charge in [0.25, 0.3) is 0 Å². The van der Waals surface area contributed by atoms with Crippen LogP contribution in [0, 0.1) is 5.92 Å². The summed E-state index contributed by atoms with van der Waals surface area (Å²) in [6.45, 7) is 4.78. The number of nitrogens with zero attached hydrogens (tertiary/aromatic N) is 6. The van der Waals surface area contributed by atoms with Crippen LogP contribution in [0.3, 0.4) is 0 Å². The molecule has 3 unspecified atom stereocenters. The molecule has 6 heteroatoms. The molecule has 6 nitrogen and oxygen atoms in total. The summed E-state index contributed by atoms with van der Waals surface area (Å²) in [5.74, 6) is 0.0840. The summed E-state index contributed by atoms with van der Waals surface area (Å²) < 4.78 is 4.80. The second-order valence-corrected chi connectivity index (χ2v) is 23.2. The van der Waals surface area contributed by atoms with Gasteiger partial charge in [0.15, 0.2) is 0 Å². The lowest BCUT2D eigenvalue weighted by Gasteiger charge is -2.48. The molecule has 14 aromatic rings. The summed E-state index contributed by atoms with van der Waals surface area (Å²) in [6, 6.07) is 98.2. The molecule has 3 heterocycles. The van der Waals surface area contributed by atoms with Crippen molar-refractivity contribution in [3.8, 4) is 33.8 Å². The van der Waals surface area contributed by atoms with Gasteiger partial charge >= 0.3 is 0 Å². The van der Waals surface area contributed by atoms with Crippen molar-refractivity contribution in [2.24, 2.45) is 5.92 Å². The van der Waals surface area contributed by atoms with Crippen molar-refractivity contribution in [1.82, 2.24) is 19.1 Å². The zero-order chi connectivity index (χ0) is 57.3. The van der Waals surface area contributed by atoms with Crippen LogP contribution in [0.1, 0.15) is 26.0 Å². The fourth-order valence-corrected chi connectivity index (χ4v) is 13.9. The molecular formula is C80H60N6. The first kappa shape index (κ1) is 50.9. The number of rotatable bonds is 11. The van der Waals surface area contributed by atoms with Crippen LogP contribution in [0.4, 0.5) is 22.7 Å². The van der Waals surface area contributed by atoms with E-state index >= 15 is 0 Å². The van der Waals surface area contributed by atoms with Gasteiger partial charge < -0.3 is 18.9 Å². The largest absolute Gasteiger partial charge is 0.355 e. The Labute approximate surface area is 500 Å². The van der Waals surface area contributed by atoms with E-state index in [2.05, 4.69) is 336 Å². The van der Waals surface area contributed by atoms with Crippen molar-refractivity contribution in [2.45, 2.75) is 31.8 Å². The third-order valence-electron chi connectivity index (χ3n) is 17.9. The normalized spacial score (nSPS) is 16.5. The van der Waals surface area contributed by atoms with Gasteiger partial charge in [-0.25, -0.2) is 9.97 Å². The van der Waals surface area contributed by atoms with Crippen molar-refractivity contribution in [1.29, 1.82) is 0 Å². The average molecular weight is 1110 g/mol. The number of para-hydroxylation sites is 7. The topological polar surface area (TPSA) is 42.1 Å². The van der Waals surface area contributed by atoms with E-state index in [1.807, 2.05) is 0 Å². The summed E-state index contributed by atoms with van der Waals surface area (Å²) in [4.78, 5) is 16.5. The first-order chi connectivity index (χ1) is 42.4. The lowest BCUT2D eigenvalue weighted by atomic mass is 9.83. The van der Waals surface area contributed by atoms with Crippen LogP contribution in [0.25, 0.3) is 106 Å². The van der Waals surface area contributed by atoms with E-state index in [-0.39, 0.29) is 17.5 Å². The van der Waals surface area contributed by atoms with Crippen molar-refractivity contribution in [2.75, 3.05) is 9.80 Å². The predicted molar refractivity (Wildman–Crippen MR) is 360 cm³/mol. The first-order valence-corrected chi connectivity index (χ1v) is 29.9. The summed E-state index contributed by atoms with van der Waals surface area (Å²) in [7, 11) is 0. The Kier molecular flexibility index (Phi) is 12.3.